The SMILES string of the molecule is [Cl-].[H+].c1ccc(P(c2ccccc2)c2ccccc2)cc1. The Morgan fingerprint density at radius 1 is 0.450 bits per heavy atom. The van der Waals surface area contributed by atoms with Crippen LogP contribution in [0.2, 0.25) is 0 Å². The van der Waals surface area contributed by atoms with E-state index in [0.717, 1.165) is 0 Å². The summed E-state index contributed by atoms with van der Waals surface area (Å²) in [6.45, 7) is 0. The van der Waals surface area contributed by atoms with Gasteiger partial charge in [-0.05, 0) is 23.8 Å². The first-order valence-corrected chi connectivity index (χ1v) is 7.74. The first-order valence-electron chi connectivity index (χ1n) is 6.40. The van der Waals surface area contributed by atoms with Gasteiger partial charge in [-0.3, -0.25) is 0 Å². The summed E-state index contributed by atoms with van der Waals surface area (Å²) in [6, 6.07) is 32.3. The molecule has 0 saturated carbocycles. The molecule has 20 heavy (non-hydrogen) atoms. The van der Waals surface area contributed by atoms with Crippen LogP contribution in [-0.2, 0) is 0 Å². The first-order chi connectivity index (χ1) is 9.45. The van der Waals surface area contributed by atoms with E-state index in [2.05, 4.69) is 91.0 Å². The minimum atomic E-state index is -0.446. The highest BCUT2D eigenvalue weighted by molar-refractivity contribution is 7.79. The van der Waals surface area contributed by atoms with Gasteiger partial charge in [0, 0.05) is 0 Å². The van der Waals surface area contributed by atoms with Crippen molar-refractivity contribution in [3.05, 3.63) is 91.0 Å². The maximum Gasteiger partial charge on any atom is 1.00 e. The van der Waals surface area contributed by atoms with E-state index in [1.54, 1.807) is 0 Å². The molecule has 0 aliphatic heterocycles. The van der Waals surface area contributed by atoms with Crippen LogP contribution in [0.5, 0.6) is 0 Å². The van der Waals surface area contributed by atoms with Gasteiger partial charge in [0.25, 0.3) is 0 Å². The molecule has 0 radical (unpaired) electrons. The average molecular weight is 299 g/mol. The smallest absolute Gasteiger partial charge is 1.00 e. The van der Waals surface area contributed by atoms with Crippen LogP contribution < -0.4 is 28.3 Å². The van der Waals surface area contributed by atoms with Crippen molar-refractivity contribution < 1.29 is 13.8 Å². The second-order valence-electron chi connectivity index (χ2n) is 4.34. The lowest BCUT2D eigenvalue weighted by Crippen LogP contribution is -3.00. The Labute approximate surface area is 129 Å². The van der Waals surface area contributed by atoms with E-state index in [9.17, 15) is 0 Å². The van der Waals surface area contributed by atoms with E-state index in [4.69, 9.17) is 0 Å². The van der Waals surface area contributed by atoms with Gasteiger partial charge in [-0.1, -0.05) is 91.0 Å². The zero-order valence-electron chi connectivity index (χ0n) is 12.0. The van der Waals surface area contributed by atoms with Crippen molar-refractivity contribution in [3.63, 3.8) is 0 Å². The molecule has 0 atom stereocenters. The molecule has 0 bridgehead atoms. The van der Waals surface area contributed by atoms with Crippen LogP contribution in [0.25, 0.3) is 0 Å². The van der Waals surface area contributed by atoms with Crippen molar-refractivity contribution in [3.8, 4) is 0 Å². The summed E-state index contributed by atoms with van der Waals surface area (Å²) in [5.74, 6) is 0. The van der Waals surface area contributed by atoms with Gasteiger partial charge >= 0.3 is 1.43 Å². The third-order valence-corrected chi connectivity index (χ3v) is 5.49. The van der Waals surface area contributed by atoms with Crippen LogP contribution in [0.3, 0.4) is 0 Å². The number of halogens is 1. The maximum absolute atomic E-state index is 2.23. The highest BCUT2D eigenvalue weighted by Gasteiger charge is 2.14. The topological polar surface area (TPSA) is 0 Å². The Morgan fingerprint density at radius 2 is 0.700 bits per heavy atom. The molecule has 0 unspecified atom stereocenters. The standard InChI is InChI=1S/C18H15P.ClH/c1-4-10-16(11-5-1)19(17-12-6-2-7-13-17)18-14-8-3-9-15-18;/h1-15H;1H. The van der Waals surface area contributed by atoms with Gasteiger partial charge in [0.05, 0.1) is 0 Å². The Bertz CT molecular complexity index is 535. The Kier molecular flexibility index (Phi) is 5.35. The third-order valence-electron chi connectivity index (χ3n) is 3.04. The molecule has 0 aliphatic carbocycles. The summed E-state index contributed by atoms with van der Waals surface area (Å²) in [5, 5.41) is 4.19. The van der Waals surface area contributed by atoms with Crippen molar-refractivity contribution in [1.29, 1.82) is 0 Å². The van der Waals surface area contributed by atoms with Crippen LogP contribution in [-0.4, -0.2) is 0 Å². The van der Waals surface area contributed by atoms with Crippen molar-refractivity contribution >= 4 is 23.8 Å². The molecule has 3 aromatic carbocycles. The van der Waals surface area contributed by atoms with E-state index < -0.39 is 7.92 Å². The Morgan fingerprint density at radius 3 is 0.950 bits per heavy atom. The summed E-state index contributed by atoms with van der Waals surface area (Å²) in [6.07, 6.45) is 0. The van der Waals surface area contributed by atoms with Crippen LogP contribution in [0.4, 0.5) is 0 Å². The summed E-state index contributed by atoms with van der Waals surface area (Å²) in [7, 11) is -0.446. The minimum absolute atomic E-state index is 0. The van der Waals surface area contributed by atoms with Crippen molar-refractivity contribution in [2.24, 2.45) is 0 Å². The molecule has 0 amide bonds. The predicted octanol–water partition coefficient (Wildman–Crippen LogP) is 0.561. The molecule has 0 fully saturated rings. The zero-order chi connectivity index (χ0) is 12.9. The normalized spacial score (nSPS) is 10.1. The lowest BCUT2D eigenvalue weighted by atomic mass is 10.4. The molecule has 3 rings (SSSR count). The highest BCUT2D eigenvalue weighted by Crippen LogP contribution is 2.32. The maximum atomic E-state index is 2.23. The lowest BCUT2D eigenvalue weighted by molar-refractivity contribution is -0.00000358. The quantitative estimate of drug-likeness (QED) is 0.620. The van der Waals surface area contributed by atoms with Crippen molar-refractivity contribution in [2.45, 2.75) is 0 Å². The molecule has 2 heteroatoms. The summed E-state index contributed by atoms with van der Waals surface area (Å²) < 4.78 is 0. The van der Waals surface area contributed by atoms with E-state index in [1.165, 1.54) is 15.9 Å². The lowest BCUT2D eigenvalue weighted by Gasteiger charge is -2.18. The second kappa shape index (κ2) is 7.24. The van der Waals surface area contributed by atoms with Gasteiger partial charge in [0.1, 0.15) is 0 Å². The average Bonchev–Trinajstić information content (AvgIpc) is 2.51. The number of hydrogen-bond donors (Lipinski definition) is 0. The van der Waals surface area contributed by atoms with E-state index in [0.29, 0.717) is 0 Å². The van der Waals surface area contributed by atoms with Gasteiger partial charge in [0.2, 0.25) is 0 Å². The monoisotopic (exact) mass is 298 g/mol. The summed E-state index contributed by atoms with van der Waals surface area (Å²) >= 11 is 0. The molecule has 0 nitrogen and oxygen atoms in total. The summed E-state index contributed by atoms with van der Waals surface area (Å²) in [5.41, 5.74) is 0. The van der Waals surface area contributed by atoms with Gasteiger partial charge in [-0.15, -0.1) is 0 Å². The molecule has 0 heterocycles. The molecule has 0 spiro atoms. The molecule has 0 N–H and O–H groups in total. The zero-order valence-corrected chi connectivity index (χ0v) is 12.6. The van der Waals surface area contributed by atoms with Gasteiger partial charge < -0.3 is 12.4 Å². The van der Waals surface area contributed by atoms with Crippen LogP contribution in [0.1, 0.15) is 1.43 Å². The van der Waals surface area contributed by atoms with E-state index in [-0.39, 0.29) is 13.8 Å². The predicted molar refractivity (Wildman–Crippen MR) is 86.3 cm³/mol. The number of rotatable bonds is 3. The number of hydrogen-bond acceptors (Lipinski definition) is 0. The molecule has 0 saturated heterocycles. The molecule has 0 aromatic heterocycles. The Hall–Kier alpha value is -1.62. The first kappa shape index (κ1) is 14.8. The highest BCUT2D eigenvalue weighted by atomic mass is 35.5. The van der Waals surface area contributed by atoms with Crippen LogP contribution >= 0.6 is 7.92 Å². The summed E-state index contributed by atoms with van der Waals surface area (Å²) in [4.78, 5) is 0. The van der Waals surface area contributed by atoms with E-state index in [1.807, 2.05) is 0 Å². The van der Waals surface area contributed by atoms with Gasteiger partial charge in [0.15, 0.2) is 0 Å². The van der Waals surface area contributed by atoms with Gasteiger partial charge in [-0.2, -0.15) is 0 Å². The molecule has 100 valence electrons. The van der Waals surface area contributed by atoms with Crippen LogP contribution in [0, 0.1) is 0 Å². The van der Waals surface area contributed by atoms with Crippen molar-refractivity contribution in [2.75, 3.05) is 0 Å². The van der Waals surface area contributed by atoms with Crippen molar-refractivity contribution in [1.82, 2.24) is 0 Å². The third kappa shape index (κ3) is 3.28. The fourth-order valence-electron chi connectivity index (χ4n) is 2.18. The number of benzene rings is 3. The fraction of sp³-hybridized carbons (Fsp3) is 0. The molecular weight excluding hydrogens is 283 g/mol. The van der Waals surface area contributed by atoms with E-state index >= 15 is 0 Å². The molecular formula is C18H16ClP. The van der Waals surface area contributed by atoms with Crippen LogP contribution in [0.15, 0.2) is 91.0 Å². The molecule has 0 aliphatic rings. The molecule has 3 aromatic rings. The Balaban J connectivity index is 0.00000110. The second-order valence-corrected chi connectivity index (χ2v) is 6.56. The van der Waals surface area contributed by atoms with Gasteiger partial charge in [-0.25, -0.2) is 0 Å². The minimum Gasteiger partial charge on any atom is -1.00 e. The fourth-order valence-corrected chi connectivity index (χ4v) is 4.48. The largest absolute Gasteiger partial charge is 1.00 e.